The zero-order valence-electron chi connectivity index (χ0n) is 16.2. The van der Waals surface area contributed by atoms with E-state index in [1.165, 1.54) is 6.42 Å². The second-order valence-electron chi connectivity index (χ2n) is 8.90. The highest BCUT2D eigenvalue weighted by Gasteiger charge is 2.49. The molecule has 2 fully saturated rings. The van der Waals surface area contributed by atoms with Gasteiger partial charge in [-0.15, -0.1) is 0 Å². The summed E-state index contributed by atoms with van der Waals surface area (Å²) in [6.07, 6.45) is 5.24. The summed E-state index contributed by atoms with van der Waals surface area (Å²) in [6.45, 7) is 10.2. The van der Waals surface area contributed by atoms with E-state index in [9.17, 15) is 4.79 Å². The van der Waals surface area contributed by atoms with Gasteiger partial charge < -0.3 is 10.1 Å². The number of amides is 1. The Balaban J connectivity index is 1.46. The lowest BCUT2D eigenvalue weighted by Gasteiger charge is -2.53. The van der Waals surface area contributed by atoms with E-state index in [1.54, 1.807) is 6.33 Å². The largest absolute Gasteiger partial charge is 0.373 e. The fourth-order valence-electron chi connectivity index (χ4n) is 4.62. The van der Waals surface area contributed by atoms with Gasteiger partial charge in [0.15, 0.2) is 11.3 Å². The average molecular weight is 356 g/mol. The summed E-state index contributed by atoms with van der Waals surface area (Å²) in [4.78, 5) is 21.7. The van der Waals surface area contributed by atoms with Crippen LogP contribution < -0.4 is 5.32 Å². The highest BCUT2D eigenvalue weighted by atomic mass is 16.5. The molecule has 26 heavy (non-hydrogen) atoms. The van der Waals surface area contributed by atoms with Crippen LogP contribution in [0.15, 0.2) is 12.4 Å². The standard InChI is InChI=1S/C20H28N4O2/c1-11-6-12(2)24-10-21-17(18(24)22-11)19(25)23-16-13-7-14(16)9-15(8-13)26-20(3,4)5/h6,10,13-16H,7-9H2,1-5H3,(H,23,25)/t13-,14+,15+,16-. The van der Waals surface area contributed by atoms with Gasteiger partial charge in [0.25, 0.3) is 5.91 Å². The molecule has 2 saturated carbocycles. The number of nitrogens with zero attached hydrogens (tertiary/aromatic N) is 3. The van der Waals surface area contributed by atoms with Crippen molar-refractivity contribution in [2.75, 3.05) is 0 Å². The molecule has 4 rings (SSSR count). The minimum atomic E-state index is -0.111. The third kappa shape index (κ3) is 3.11. The highest BCUT2D eigenvalue weighted by Crippen LogP contribution is 2.47. The van der Waals surface area contributed by atoms with E-state index >= 15 is 0 Å². The second kappa shape index (κ2) is 6.05. The topological polar surface area (TPSA) is 68.5 Å². The van der Waals surface area contributed by atoms with Crippen molar-refractivity contribution in [3.63, 3.8) is 0 Å². The molecule has 2 aliphatic rings. The molecule has 2 heterocycles. The maximum Gasteiger partial charge on any atom is 0.274 e. The highest BCUT2D eigenvalue weighted by molar-refractivity contribution is 5.98. The zero-order valence-corrected chi connectivity index (χ0v) is 16.2. The minimum absolute atomic E-state index is 0.107. The molecule has 0 unspecified atom stereocenters. The van der Waals surface area contributed by atoms with E-state index in [0.717, 1.165) is 24.2 Å². The molecule has 1 amide bonds. The molecule has 140 valence electrons. The van der Waals surface area contributed by atoms with Crippen molar-refractivity contribution in [3.8, 4) is 0 Å². The molecule has 4 atom stereocenters. The van der Waals surface area contributed by atoms with Gasteiger partial charge in [0.05, 0.1) is 11.7 Å². The van der Waals surface area contributed by atoms with Gasteiger partial charge in [0, 0.05) is 17.4 Å². The van der Waals surface area contributed by atoms with Crippen LogP contribution in [0.4, 0.5) is 0 Å². The number of fused-ring (bicyclic) bond motifs is 3. The summed E-state index contributed by atoms with van der Waals surface area (Å²) < 4.78 is 8.02. The predicted molar refractivity (Wildman–Crippen MR) is 99.2 cm³/mol. The third-order valence-electron chi connectivity index (χ3n) is 5.61. The monoisotopic (exact) mass is 356 g/mol. The molecule has 2 aromatic heterocycles. The first-order valence-corrected chi connectivity index (χ1v) is 9.51. The lowest BCUT2D eigenvalue weighted by Crippen LogP contribution is -2.59. The number of hydrogen-bond acceptors (Lipinski definition) is 4. The average Bonchev–Trinajstić information content (AvgIpc) is 2.95. The number of aryl methyl sites for hydroxylation is 2. The van der Waals surface area contributed by atoms with Crippen molar-refractivity contribution in [1.82, 2.24) is 19.7 Å². The fraction of sp³-hybridized carbons (Fsp3) is 0.650. The van der Waals surface area contributed by atoms with Crippen LogP contribution in [0.5, 0.6) is 0 Å². The van der Waals surface area contributed by atoms with E-state index < -0.39 is 0 Å². The smallest absolute Gasteiger partial charge is 0.274 e. The van der Waals surface area contributed by atoms with E-state index in [0.29, 0.717) is 29.3 Å². The van der Waals surface area contributed by atoms with Gasteiger partial charge in [0.2, 0.25) is 0 Å². The molecule has 0 saturated heterocycles. The summed E-state index contributed by atoms with van der Waals surface area (Å²) in [5, 5.41) is 3.22. The van der Waals surface area contributed by atoms with Crippen LogP contribution in [0.3, 0.4) is 0 Å². The lowest BCUT2D eigenvalue weighted by atomic mass is 9.60. The normalized spacial score (nSPS) is 28.0. The van der Waals surface area contributed by atoms with Crippen LogP contribution in [-0.2, 0) is 4.74 Å². The van der Waals surface area contributed by atoms with Crippen LogP contribution in [0.25, 0.3) is 5.65 Å². The fourth-order valence-corrected chi connectivity index (χ4v) is 4.62. The molecule has 0 aliphatic heterocycles. The molecular weight excluding hydrogens is 328 g/mol. The van der Waals surface area contributed by atoms with Crippen molar-refractivity contribution in [2.45, 2.75) is 71.6 Å². The summed E-state index contributed by atoms with van der Waals surface area (Å²) >= 11 is 0. The van der Waals surface area contributed by atoms with Crippen LogP contribution in [0.1, 0.15) is 61.9 Å². The Hall–Kier alpha value is -1.95. The van der Waals surface area contributed by atoms with Crippen molar-refractivity contribution < 1.29 is 9.53 Å². The van der Waals surface area contributed by atoms with Crippen molar-refractivity contribution in [3.05, 3.63) is 29.5 Å². The van der Waals surface area contributed by atoms with E-state index in [1.807, 2.05) is 24.3 Å². The summed E-state index contributed by atoms with van der Waals surface area (Å²) in [7, 11) is 0. The maximum atomic E-state index is 12.8. The second-order valence-corrected chi connectivity index (χ2v) is 8.90. The Labute approximate surface area is 154 Å². The molecule has 0 radical (unpaired) electrons. The van der Waals surface area contributed by atoms with E-state index in [-0.39, 0.29) is 17.6 Å². The number of carbonyl (C=O) groups is 1. The van der Waals surface area contributed by atoms with Crippen LogP contribution in [0.2, 0.25) is 0 Å². The Morgan fingerprint density at radius 3 is 2.58 bits per heavy atom. The number of rotatable bonds is 3. The van der Waals surface area contributed by atoms with Crippen molar-refractivity contribution in [1.29, 1.82) is 0 Å². The van der Waals surface area contributed by atoms with E-state index in [4.69, 9.17) is 4.74 Å². The first-order chi connectivity index (χ1) is 12.2. The molecule has 1 N–H and O–H groups in total. The molecule has 2 bridgehead atoms. The molecule has 2 aromatic rings. The maximum absolute atomic E-state index is 12.8. The molecule has 6 nitrogen and oxygen atoms in total. The molecule has 2 aliphatic carbocycles. The van der Waals surface area contributed by atoms with Crippen LogP contribution in [-0.4, -0.2) is 38.0 Å². The minimum Gasteiger partial charge on any atom is -0.373 e. The van der Waals surface area contributed by atoms with Gasteiger partial charge in [-0.1, -0.05) is 0 Å². The Bertz CT molecular complexity index is 839. The van der Waals surface area contributed by atoms with E-state index in [2.05, 4.69) is 36.1 Å². The van der Waals surface area contributed by atoms with Gasteiger partial charge in [0.1, 0.15) is 6.33 Å². The SMILES string of the molecule is Cc1cc(C)n2cnc(C(=O)N[C@H]3[C@@H]4C[C@@H](OC(C)(C)C)C[C@H]3C4)c2n1. The lowest BCUT2D eigenvalue weighted by molar-refractivity contribution is -0.125. The molecular formula is C20H28N4O2. The summed E-state index contributed by atoms with van der Waals surface area (Å²) in [5.41, 5.74) is 2.88. The quantitative estimate of drug-likeness (QED) is 0.918. The predicted octanol–water partition coefficient (Wildman–Crippen LogP) is 3.06. The molecule has 0 spiro atoms. The van der Waals surface area contributed by atoms with Gasteiger partial charge in [-0.05, 0) is 71.8 Å². The van der Waals surface area contributed by atoms with Crippen molar-refractivity contribution in [2.24, 2.45) is 11.8 Å². The van der Waals surface area contributed by atoms with Crippen molar-refractivity contribution >= 4 is 11.6 Å². The number of imidazole rings is 1. The number of carbonyl (C=O) groups excluding carboxylic acids is 1. The first kappa shape index (κ1) is 17.5. The Kier molecular flexibility index (Phi) is 4.06. The molecule has 6 heteroatoms. The zero-order chi connectivity index (χ0) is 18.6. The number of nitrogens with one attached hydrogen (secondary N) is 1. The number of aromatic nitrogens is 3. The van der Waals surface area contributed by atoms with Gasteiger partial charge in [-0.2, -0.15) is 0 Å². The summed E-state index contributed by atoms with van der Waals surface area (Å²) in [6, 6.07) is 2.23. The van der Waals surface area contributed by atoms with Gasteiger partial charge in [-0.25, -0.2) is 9.97 Å². The van der Waals surface area contributed by atoms with Gasteiger partial charge >= 0.3 is 0 Å². The van der Waals surface area contributed by atoms with Crippen LogP contribution >= 0.6 is 0 Å². The molecule has 0 aromatic carbocycles. The third-order valence-corrected chi connectivity index (χ3v) is 5.61. The van der Waals surface area contributed by atoms with Crippen LogP contribution in [0, 0.1) is 25.7 Å². The Morgan fingerprint density at radius 1 is 1.23 bits per heavy atom. The van der Waals surface area contributed by atoms with Gasteiger partial charge in [-0.3, -0.25) is 9.20 Å². The Morgan fingerprint density at radius 2 is 1.92 bits per heavy atom. The number of hydrogen-bond donors (Lipinski definition) is 1. The summed E-state index contributed by atoms with van der Waals surface area (Å²) in [5.74, 6) is 0.908. The first-order valence-electron chi connectivity index (χ1n) is 9.51. The number of ether oxygens (including phenoxy) is 1.